The van der Waals surface area contributed by atoms with Crippen LogP contribution in [0.3, 0.4) is 0 Å². The van der Waals surface area contributed by atoms with Gasteiger partial charge in [0.05, 0.1) is 14.1 Å². The number of imidazole rings is 2. The first-order valence-electron chi connectivity index (χ1n) is 5.86. The Morgan fingerprint density at radius 2 is 1.62 bits per heavy atom. The monoisotopic (exact) mass is 418 g/mol. The van der Waals surface area contributed by atoms with Crippen LogP contribution >= 0.6 is 11.6 Å². The molecule has 0 bridgehead atoms. The largest absolute Gasteiger partial charge is 1.00 e. The van der Waals surface area contributed by atoms with Crippen LogP contribution in [0.25, 0.3) is 11.8 Å². The standard InChI is InChI=1S/C12H12ClN6O.HI/c1-16-3-5-18(7-16)10-9(13)11(20)15-12(14-10)19-6-4-17(2)8-19;/h3-8H,1-2H3;1H/q+1;/p-1. The predicted molar refractivity (Wildman–Crippen MR) is 67.5 cm³/mol. The van der Waals surface area contributed by atoms with Crippen LogP contribution in [0.1, 0.15) is 0 Å². The Labute approximate surface area is 143 Å². The molecule has 0 atom stereocenters. The maximum Gasteiger partial charge on any atom is 0.328 e. The number of nitrogens with zero attached hydrogens (tertiary/aromatic N) is 6. The van der Waals surface area contributed by atoms with Gasteiger partial charge in [-0.15, -0.1) is 4.98 Å². The second-order valence-corrected chi connectivity index (χ2v) is 4.82. The molecule has 0 aliphatic carbocycles. The first-order valence-corrected chi connectivity index (χ1v) is 6.24. The minimum atomic E-state index is -0.501. The Hall–Kier alpha value is -1.68. The van der Waals surface area contributed by atoms with Gasteiger partial charge in [0, 0.05) is 5.88 Å². The molecular weight excluding hydrogens is 407 g/mol. The molecule has 3 aromatic heterocycles. The lowest BCUT2D eigenvalue weighted by Gasteiger charge is -2.09. The van der Waals surface area contributed by atoms with Crippen molar-refractivity contribution in [2.75, 3.05) is 0 Å². The molecule has 0 aliphatic heterocycles. The predicted octanol–water partition coefficient (Wildman–Crippen LogP) is -3.56. The lowest BCUT2D eigenvalue weighted by Crippen LogP contribution is -3.00. The number of rotatable bonds is 2. The van der Waals surface area contributed by atoms with Crippen molar-refractivity contribution < 1.29 is 38.2 Å². The van der Waals surface area contributed by atoms with Gasteiger partial charge in [-0.05, 0) is 0 Å². The van der Waals surface area contributed by atoms with Gasteiger partial charge in [-0.25, -0.2) is 14.1 Å². The second-order valence-electron chi connectivity index (χ2n) is 4.44. The summed E-state index contributed by atoms with van der Waals surface area (Å²) in [5.41, 5.74) is 0. The summed E-state index contributed by atoms with van der Waals surface area (Å²) < 4.78 is 7.00. The van der Waals surface area contributed by atoms with E-state index in [-0.39, 0.29) is 34.9 Å². The quantitative estimate of drug-likeness (QED) is 0.320. The molecule has 0 saturated carbocycles. The summed E-state index contributed by atoms with van der Waals surface area (Å²) >= 11 is 6.02. The normalized spacial score (nSPS) is 10.4. The molecule has 7 nitrogen and oxygen atoms in total. The van der Waals surface area contributed by atoms with Crippen molar-refractivity contribution in [2.45, 2.75) is 0 Å². The molecule has 0 aromatic carbocycles. The van der Waals surface area contributed by atoms with Crippen molar-refractivity contribution >= 4 is 11.6 Å². The Morgan fingerprint density at radius 1 is 1.05 bits per heavy atom. The van der Waals surface area contributed by atoms with Crippen LogP contribution in [0, 0.1) is 0 Å². The Morgan fingerprint density at radius 3 is 2.14 bits per heavy atom. The molecule has 3 heterocycles. The highest BCUT2D eigenvalue weighted by molar-refractivity contribution is 6.33. The van der Waals surface area contributed by atoms with Crippen molar-refractivity contribution in [1.82, 2.24) is 19.1 Å². The average Bonchev–Trinajstić information content (AvgIpc) is 3.01. The molecule has 0 unspecified atom stereocenters. The van der Waals surface area contributed by atoms with Gasteiger partial charge in [0.25, 0.3) is 6.33 Å². The van der Waals surface area contributed by atoms with Gasteiger partial charge in [-0.2, -0.15) is 9.13 Å². The SMILES string of the molecule is C[n+]1ccn(-c2nc([O-])c(Cl)c(-n3cc[n+](C)c3)n2)c1.[I-]. The summed E-state index contributed by atoms with van der Waals surface area (Å²) in [7, 11) is 3.74. The van der Waals surface area contributed by atoms with Crippen molar-refractivity contribution in [3.05, 3.63) is 42.5 Å². The van der Waals surface area contributed by atoms with Crippen LogP contribution in [-0.2, 0) is 14.1 Å². The fourth-order valence-electron chi connectivity index (χ4n) is 1.83. The zero-order valence-corrected chi connectivity index (χ0v) is 14.2. The summed E-state index contributed by atoms with van der Waals surface area (Å²) in [5.74, 6) is 0.143. The molecule has 0 fully saturated rings. The van der Waals surface area contributed by atoms with E-state index in [1.807, 2.05) is 35.6 Å². The summed E-state index contributed by atoms with van der Waals surface area (Å²) in [6, 6.07) is 0. The van der Waals surface area contributed by atoms with E-state index >= 15 is 0 Å². The molecule has 3 rings (SSSR count). The first-order chi connectivity index (χ1) is 9.54. The fourth-order valence-corrected chi connectivity index (χ4v) is 2.02. The van der Waals surface area contributed by atoms with E-state index in [4.69, 9.17) is 11.6 Å². The van der Waals surface area contributed by atoms with Gasteiger partial charge in [-0.1, -0.05) is 11.6 Å². The Bertz CT molecular complexity index is 784. The molecule has 0 spiro atoms. The Balaban J connectivity index is 0.00000161. The molecule has 110 valence electrons. The molecule has 21 heavy (non-hydrogen) atoms. The van der Waals surface area contributed by atoms with E-state index in [0.29, 0.717) is 5.82 Å². The van der Waals surface area contributed by atoms with E-state index in [1.54, 1.807) is 34.2 Å². The van der Waals surface area contributed by atoms with Crippen LogP contribution in [0.15, 0.2) is 37.4 Å². The van der Waals surface area contributed by atoms with E-state index in [2.05, 4.69) is 9.97 Å². The van der Waals surface area contributed by atoms with E-state index in [0.717, 1.165) is 0 Å². The number of hydrogen-bond donors (Lipinski definition) is 0. The third-order valence-corrected chi connectivity index (χ3v) is 3.14. The molecular formula is C12H12ClIN6O. The van der Waals surface area contributed by atoms with Crippen LogP contribution in [0.4, 0.5) is 0 Å². The summed E-state index contributed by atoms with van der Waals surface area (Å²) in [4.78, 5) is 8.24. The lowest BCUT2D eigenvalue weighted by molar-refractivity contribution is -0.670. The van der Waals surface area contributed by atoms with Gasteiger partial charge >= 0.3 is 5.95 Å². The van der Waals surface area contributed by atoms with Crippen LogP contribution in [-0.4, -0.2) is 19.1 Å². The maximum absolute atomic E-state index is 11.9. The van der Waals surface area contributed by atoms with Crippen molar-refractivity contribution in [3.63, 3.8) is 0 Å². The third-order valence-electron chi connectivity index (χ3n) is 2.80. The molecule has 0 aliphatic rings. The van der Waals surface area contributed by atoms with Crippen molar-refractivity contribution in [1.29, 1.82) is 0 Å². The average molecular weight is 419 g/mol. The zero-order valence-electron chi connectivity index (χ0n) is 11.3. The smallest absolute Gasteiger partial charge is 0.328 e. The Kier molecular flexibility index (Phi) is 4.47. The van der Waals surface area contributed by atoms with Crippen LogP contribution in [0.5, 0.6) is 5.88 Å². The van der Waals surface area contributed by atoms with Crippen LogP contribution < -0.4 is 38.2 Å². The van der Waals surface area contributed by atoms with E-state index < -0.39 is 5.88 Å². The highest BCUT2D eigenvalue weighted by Crippen LogP contribution is 2.25. The molecule has 3 aromatic rings. The highest BCUT2D eigenvalue weighted by Gasteiger charge is 2.18. The molecule has 9 heteroatoms. The first kappa shape index (κ1) is 15.7. The number of aryl methyl sites for hydroxylation is 2. The van der Waals surface area contributed by atoms with Gasteiger partial charge in [-0.3, -0.25) is 0 Å². The molecule has 0 amide bonds. The van der Waals surface area contributed by atoms with Gasteiger partial charge in [0.2, 0.25) is 12.1 Å². The van der Waals surface area contributed by atoms with Crippen LogP contribution in [0.2, 0.25) is 5.02 Å². The second kappa shape index (κ2) is 5.98. The zero-order chi connectivity index (χ0) is 14.3. The molecule has 0 saturated heterocycles. The maximum atomic E-state index is 11.9. The number of aromatic nitrogens is 6. The minimum Gasteiger partial charge on any atom is -1.00 e. The molecule has 0 radical (unpaired) electrons. The highest BCUT2D eigenvalue weighted by atomic mass is 127. The summed E-state index contributed by atoms with van der Waals surface area (Å²) in [6.07, 6.45) is 10.7. The third kappa shape index (κ3) is 3.00. The topological polar surface area (TPSA) is 66.5 Å². The van der Waals surface area contributed by atoms with E-state index in [9.17, 15) is 5.11 Å². The number of hydrogen-bond acceptors (Lipinski definition) is 3. The fraction of sp³-hybridized carbons (Fsp3) is 0.167. The van der Waals surface area contributed by atoms with Gasteiger partial charge in [0.15, 0.2) is 0 Å². The van der Waals surface area contributed by atoms with Crippen molar-refractivity contribution in [3.8, 4) is 17.6 Å². The van der Waals surface area contributed by atoms with E-state index in [1.165, 1.54) is 0 Å². The van der Waals surface area contributed by atoms with Gasteiger partial charge < -0.3 is 29.1 Å². The van der Waals surface area contributed by atoms with Gasteiger partial charge in [0.1, 0.15) is 29.8 Å². The summed E-state index contributed by atoms with van der Waals surface area (Å²) in [6.45, 7) is 0. The lowest BCUT2D eigenvalue weighted by atomic mass is 10.5. The number of halogens is 2. The summed E-state index contributed by atoms with van der Waals surface area (Å²) in [5, 5.41) is 11.9. The van der Waals surface area contributed by atoms with Crippen molar-refractivity contribution in [2.24, 2.45) is 14.1 Å². The minimum absolute atomic E-state index is 0. The molecule has 0 N–H and O–H groups in total.